The quantitative estimate of drug-likeness (QED) is 0.734. The Hall–Kier alpha value is -2.44. The topological polar surface area (TPSA) is 57.2 Å². The van der Waals surface area contributed by atoms with Crippen molar-refractivity contribution in [1.29, 1.82) is 0 Å². The third-order valence-corrected chi connectivity index (χ3v) is 6.48. The number of likely N-dealkylation sites (N-methyl/N-ethyl adjacent to an activating group) is 1. The van der Waals surface area contributed by atoms with E-state index in [4.69, 9.17) is 18.9 Å². The Morgan fingerprint density at radius 1 is 0.962 bits per heavy atom. The molecular formula is C20H20NO5+. The van der Waals surface area contributed by atoms with E-state index in [1.165, 1.54) is 0 Å². The van der Waals surface area contributed by atoms with Crippen LogP contribution in [0.5, 0.6) is 23.0 Å². The molecule has 0 unspecified atom stereocenters. The molecule has 4 heterocycles. The summed E-state index contributed by atoms with van der Waals surface area (Å²) >= 11 is 0. The Morgan fingerprint density at radius 2 is 1.73 bits per heavy atom. The highest BCUT2D eigenvalue weighted by molar-refractivity contribution is 5.55. The third kappa shape index (κ3) is 1.68. The van der Waals surface area contributed by atoms with E-state index in [9.17, 15) is 5.11 Å². The van der Waals surface area contributed by atoms with Gasteiger partial charge in [-0.1, -0.05) is 6.07 Å². The number of benzene rings is 2. The van der Waals surface area contributed by atoms with Crippen molar-refractivity contribution >= 4 is 0 Å². The molecule has 0 fully saturated rings. The van der Waals surface area contributed by atoms with Gasteiger partial charge < -0.3 is 24.1 Å². The minimum absolute atomic E-state index is 0.245. The van der Waals surface area contributed by atoms with Gasteiger partial charge in [0, 0.05) is 12.0 Å². The fourth-order valence-corrected chi connectivity index (χ4v) is 4.93. The summed E-state index contributed by atoms with van der Waals surface area (Å²) < 4.78 is 22.9. The zero-order valence-electron chi connectivity index (χ0n) is 14.6. The average molecular weight is 354 g/mol. The van der Waals surface area contributed by atoms with Crippen molar-refractivity contribution in [2.24, 2.45) is 0 Å². The smallest absolute Gasteiger partial charge is 0.232 e. The summed E-state index contributed by atoms with van der Waals surface area (Å²) in [6.07, 6.45) is 1.44. The van der Waals surface area contributed by atoms with Crippen LogP contribution in [-0.4, -0.2) is 36.8 Å². The summed E-state index contributed by atoms with van der Waals surface area (Å²) in [5.74, 6) is 3.16. The van der Waals surface area contributed by atoms with Crippen molar-refractivity contribution in [1.82, 2.24) is 0 Å². The van der Waals surface area contributed by atoms with Crippen LogP contribution in [0.2, 0.25) is 0 Å². The van der Waals surface area contributed by atoms with Crippen LogP contribution in [0.4, 0.5) is 0 Å². The fraction of sp³-hybridized carbons (Fsp3) is 0.400. The van der Waals surface area contributed by atoms with Crippen molar-refractivity contribution < 1.29 is 28.5 Å². The number of rotatable bonds is 0. The molecule has 6 rings (SSSR count). The predicted molar refractivity (Wildman–Crippen MR) is 91.2 cm³/mol. The second-order valence-corrected chi connectivity index (χ2v) is 7.82. The molecule has 134 valence electrons. The van der Waals surface area contributed by atoms with E-state index in [1.807, 2.05) is 18.2 Å². The molecular weight excluding hydrogens is 334 g/mol. The lowest BCUT2D eigenvalue weighted by Crippen LogP contribution is -2.65. The van der Waals surface area contributed by atoms with Crippen molar-refractivity contribution in [2.45, 2.75) is 25.1 Å². The van der Waals surface area contributed by atoms with E-state index < -0.39 is 5.72 Å². The summed E-state index contributed by atoms with van der Waals surface area (Å²) in [5.41, 5.74) is 3.40. The SMILES string of the molecule is C[N@+]12CCc3cc4c(cc3[C@]1(O)Cc1ccc3c(c1C2)OCO3)OCO4. The van der Waals surface area contributed by atoms with Gasteiger partial charge in [-0.25, -0.2) is 0 Å². The first-order chi connectivity index (χ1) is 12.6. The molecule has 6 heteroatoms. The molecule has 26 heavy (non-hydrogen) atoms. The van der Waals surface area contributed by atoms with Crippen molar-refractivity contribution in [2.75, 3.05) is 27.2 Å². The summed E-state index contributed by atoms with van der Waals surface area (Å²) in [7, 11) is 2.13. The van der Waals surface area contributed by atoms with Gasteiger partial charge in [0.25, 0.3) is 0 Å². The Bertz CT molecular complexity index is 958. The molecule has 2 atom stereocenters. The molecule has 2 aromatic rings. The first-order valence-electron chi connectivity index (χ1n) is 8.98. The molecule has 6 nitrogen and oxygen atoms in total. The van der Waals surface area contributed by atoms with Crippen LogP contribution in [0.15, 0.2) is 24.3 Å². The van der Waals surface area contributed by atoms with Crippen LogP contribution < -0.4 is 18.9 Å². The molecule has 4 aliphatic rings. The van der Waals surface area contributed by atoms with Crippen LogP contribution >= 0.6 is 0 Å². The number of ether oxygens (including phenoxy) is 4. The zero-order valence-corrected chi connectivity index (χ0v) is 14.6. The second-order valence-electron chi connectivity index (χ2n) is 7.82. The van der Waals surface area contributed by atoms with Crippen LogP contribution in [0, 0.1) is 0 Å². The van der Waals surface area contributed by atoms with Crippen LogP contribution in [-0.2, 0) is 25.1 Å². The number of hydrogen-bond donors (Lipinski definition) is 1. The number of quaternary nitrogens is 1. The van der Waals surface area contributed by atoms with Gasteiger partial charge in [0.05, 0.1) is 25.6 Å². The molecule has 0 radical (unpaired) electrons. The van der Waals surface area contributed by atoms with Crippen molar-refractivity contribution in [3.05, 3.63) is 46.5 Å². The minimum atomic E-state index is -0.991. The Kier molecular flexibility index (Phi) is 2.62. The summed E-state index contributed by atoms with van der Waals surface area (Å²) in [6, 6.07) is 8.02. The van der Waals surface area contributed by atoms with Crippen molar-refractivity contribution in [3.8, 4) is 23.0 Å². The highest BCUT2D eigenvalue weighted by atomic mass is 16.7. The van der Waals surface area contributed by atoms with Gasteiger partial charge in [-0.15, -0.1) is 0 Å². The lowest BCUT2D eigenvalue weighted by atomic mass is 9.78. The molecule has 0 amide bonds. The molecule has 0 spiro atoms. The van der Waals surface area contributed by atoms with Gasteiger partial charge in [-0.3, -0.25) is 4.48 Å². The normalized spacial score (nSPS) is 29.8. The zero-order chi connectivity index (χ0) is 17.5. The van der Waals surface area contributed by atoms with E-state index in [1.54, 1.807) is 0 Å². The first kappa shape index (κ1) is 14.7. The molecule has 0 saturated heterocycles. The van der Waals surface area contributed by atoms with E-state index in [-0.39, 0.29) is 13.6 Å². The Morgan fingerprint density at radius 3 is 2.62 bits per heavy atom. The highest BCUT2D eigenvalue weighted by Crippen LogP contribution is 2.52. The van der Waals surface area contributed by atoms with Gasteiger partial charge >= 0.3 is 0 Å². The molecule has 0 aliphatic carbocycles. The number of hydrogen-bond acceptors (Lipinski definition) is 5. The Balaban J connectivity index is 1.54. The monoisotopic (exact) mass is 354 g/mol. The molecule has 0 saturated carbocycles. The van der Waals surface area contributed by atoms with Gasteiger partial charge in [-0.05, 0) is 29.3 Å². The average Bonchev–Trinajstić information content (AvgIpc) is 3.28. The van der Waals surface area contributed by atoms with Gasteiger partial charge in [0.15, 0.2) is 23.0 Å². The van der Waals surface area contributed by atoms with E-state index in [0.717, 1.165) is 58.2 Å². The summed E-state index contributed by atoms with van der Waals surface area (Å²) in [4.78, 5) is 0. The van der Waals surface area contributed by atoms with E-state index in [2.05, 4.69) is 13.1 Å². The maximum Gasteiger partial charge on any atom is 0.232 e. The fourth-order valence-electron chi connectivity index (χ4n) is 4.93. The first-order valence-corrected chi connectivity index (χ1v) is 8.98. The Labute approximate surface area is 151 Å². The molecule has 4 aliphatic heterocycles. The highest BCUT2D eigenvalue weighted by Gasteiger charge is 2.56. The summed E-state index contributed by atoms with van der Waals surface area (Å²) in [6.45, 7) is 2.08. The standard InChI is InChI=1S/C20H20NO5/c1-21-5-4-12-6-17-18(25-10-24-17)7-15(12)20(21,22)8-13-2-3-16-19(14(13)9-21)26-11-23-16/h2-3,6-7,22H,4-5,8-11H2,1H3/q+1/t20-,21-/m1/s1. The van der Waals surface area contributed by atoms with Crippen LogP contribution in [0.1, 0.15) is 22.3 Å². The molecule has 0 bridgehead atoms. The second kappa shape index (κ2) is 4.64. The summed E-state index contributed by atoms with van der Waals surface area (Å²) in [5, 5.41) is 11.9. The van der Waals surface area contributed by atoms with Gasteiger partial charge in [-0.2, -0.15) is 0 Å². The number of nitrogens with zero attached hydrogens (tertiary/aromatic N) is 1. The minimum Gasteiger partial charge on any atom is -0.454 e. The largest absolute Gasteiger partial charge is 0.454 e. The predicted octanol–water partition coefficient (Wildman–Crippen LogP) is 2.05. The molecule has 1 N–H and O–H groups in total. The maximum atomic E-state index is 11.9. The van der Waals surface area contributed by atoms with Crippen LogP contribution in [0.3, 0.4) is 0 Å². The lowest BCUT2D eigenvalue weighted by Gasteiger charge is -2.53. The van der Waals surface area contributed by atoms with Gasteiger partial charge in [0.1, 0.15) is 6.54 Å². The van der Waals surface area contributed by atoms with E-state index >= 15 is 0 Å². The van der Waals surface area contributed by atoms with Crippen molar-refractivity contribution in [3.63, 3.8) is 0 Å². The third-order valence-electron chi connectivity index (χ3n) is 6.48. The number of aliphatic hydroxyl groups is 1. The molecule has 0 aromatic heterocycles. The number of fused-ring (bicyclic) bond motifs is 7. The van der Waals surface area contributed by atoms with Gasteiger partial charge in [0.2, 0.25) is 19.3 Å². The lowest BCUT2D eigenvalue weighted by molar-refractivity contribution is -1.01. The van der Waals surface area contributed by atoms with Crippen LogP contribution in [0.25, 0.3) is 0 Å². The molecule has 2 aromatic carbocycles. The maximum absolute atomic E-state index is 11.9. The van der Waals surface area contributed by atoms with E-state index in [0.29, 0.717) is 17.4 Å².